The van der Waals surface area contributed by atoms with Gasteiger partial charge in [-0.05, 0) is 41.7 Å². The fourth-order valence-electron chi connectivity index (χ4n) is 1.26. The van der Waals surface area contributed by atoms with Gasteiger partial charge in [-0.3, -0.25) is 0 Å². The highest BCUT2D eigenvalue weighted by Crippen LogP contribution is 2.41. The predicted octanol–water partition coefficient (Wildman–Crippen LogP) is 3.60. The SMILES string of the molecule is CCOC1(C(F)(F)F)C=CC(I)=CC1. The molecule has 0 aromatic carbocycles. The zero-order chi connectivity index (χ0) is 10.8. The van der Waals surface area contributed by atoms with Crippen LogP contribution in [0.1, 0.15) is 13.3 Å². The lowest BCUT2D eigenvalue weighted by molar-refractivity contribution is -0.255. The molecule has 1 nitrogen and oxygen atoms in total. The number of hydrogen-bond acceptors (Lipinski definition) is 1. The third kappa shape index (κ3) is 2.31. The summed E-state index contributed by atoms with van der Waals surface area (Å²) in [6.07, 6.45) is -0.429. The van der Waals surface area contributed by atoms with E-state index in [1.165, 1.54) is 12.2 Å². The molecule has 0 radical (unpaired) electrons. The molecular formula is C9H10F3IO. The molecule has 0 N–H and O–H groups in total. The van der Waals surface area contributed by atoms with Gasteiger partial charge in [-0.25, -0.2) is 0 Å². The molecule has 1 atom stereocenters. The van der Waals surface area contributed by atoms with Crippen molar-refractivity contribution in [3.63, 3.8) is 0 Å². The van der Waals surface area contributed by atoms with Gasteiger partial charge in [0.2, 0.25) is 0 Å². The molecule has 0 aromatic heterocycles. The van der Waals surface area contributed by atoms with E-state index in [-0.39, 0.29) is 13.0 Å². The van der Waals surface area contributed by atoms with E-state index in [0.29, 0.717) is 0 Å². The van der Waals surface area contributed by atoms with Crippen LogP contribution in [0.2, 0.25) is 0 Å². The Morgan fingerprint density at radius 2 is 2.21 bits per heavy atom. The summed E-state index contributed by atoms with van der Waals surface area (Å²) >= 11 is 1.98. The first kappa shape index (κ1) is 12.0. The molecule has 0 saturated heterocycles. The van der Waals surface area contributed by atoms with Crippen molar-refractivity contribution < 1.29 is 17.9 Å². The Kier molecular flexibility index (Phi) is 3.63. The molecule has 0 amide bonds. The van der Waals surface area contributed by atoms with Crippen LogP contribution in [0.4, 0.5) is 13.2 Å². The van der Waals surface area contributed by atoms with E-state index >= 15 is 0 Å². The molecule has 1 aliphatic carbocycles. The standard InChI is InChI=1S/C9H10F3IO/c1-2-14-8(9(10,11)12)5-3-7(13)4-6-8/h3-5H,2,6H2,1H3. The maximum absolute atomic E-state index is 12.7. The van der Waals surface area contributed by atoms with Gasteiger partial charge in [-0.2, -0.15) is 13.2 Å². The Morgan fingerprint density at radius 3 is 2.57 bits per heavy atom. The summed E-state index contributed by atoms with van der Waals surface area (Å²) in [7, 11) is 0. The maximum Gasteiger partial charge on any atom is 0.421 e. The van der Waals surface area contributed by atoms with Gasteiger partial charge in [0.15, 0.2) is 5.60 Å². The summed E-state index contributed by atoms with van der Waals surface area (Å²) in [6, 6.07) is 0. The summed E-state index contributed by atoms with van der Waals surface area (Å²) < 4.78 is 43.7. The van der Waals surface area contributed by atoms with Crippen LogP contribution >= 0.6 is 22.6 Å². The highest BCUT2D eigenvalue weighted by molar-refractivity contribution is 14.1. The summed E-state index contributed by atoms with van der Waals surface area (Å²) in [5.41, 5.74) is -2.11. The quantitative estimate of drug-likeness (QED) is 0.707. The van der Waals surface area contributed by atoms with Crippen molar-refractivity contribution in [2.45, 2.75) is 25.1 Å². The largest absolute Gasteiger partial charge is 0.421 e. The van der Waals surface area contributed by atoms with Crippen LogP contribution < -0.4 is 0 Å². The van der Waals surface area contributed by atoms with E-state index in [1.807, 2.05) is 22.6 Å². The molecule has 0 fully saturated rings. The average molecular weight is 318 g/mol. The minimum atomic E-state index is -4.35. The van der Waals surface area contributed by atoms with Crippen molar-refractivity contribution in [2.24, 2.45) is 0 Å². The molecule has 0 saturated carbocycles. The second-order valence-corrected chi connectivity index (χ2v) is 4.19. The summed E-state index contributed by atoms with van der Waals surface area (Å²) in [6.45, 7) is 1.61. The van der Waals surface area contributed by atoms with Crippen LogP contribution in [0.5, 0.6) is 0 Å². The molecule has 80 valence electrons. The van der Waals surface area contributed by atoms with Gasteiger partial charge >= 0.3 is 6.18 Å². The smallest absolute Gasteiger partial charge is 0.361 e. The number of alkyl halides is 3. The second-order valence-electron chi connectivity index (χ2n) is 2.95. The van der Waals surface area contributed by atoms with Crippen LogP contribution in [0.15, 0.2) is 21.8 Å². The first-order chi connectivity index (χ1) is 6.41. The van der Waals surface area contributed by atoms with E-state index in [1.54, 1.807) is 6.92 Å². The number of allylic oxidation sites excluding steroid dienone is 2. The van der Waals surface area contributed by atoms with Crippen LogP contribution in [0.25, 0.3) is 0 Å². The van der Waals surface area contributed by atoms with Gasteiger partial charge in [0, 0.05) is 16.6 Å². The van der Waals surface area contributed by atoms with Gasteiger partial charge in [-0.1, -0.05) is 6.08 Å². The lowest BCUT2D eigenvalue weighted by Crippen LogP contribution is -2.46. The molecule has 0 spiro atoms. The van der Waals surface area contributed by atoms with Gasteiger partial charge < -0.3 is 4.74 Å². The summed E-state index contributed by atoms with van der Waals surface area (Å²) in [5.74, 6) is 0. The number of halogens is 4. The van der Waals surface area contributed by atoms with Crippen LogP contribution in [0, 0.1) is 0 Å². The fraction of sp³-hybridized carbons (Fsp3) is 0.556. The normalized spacial score (nSPS) is 27.6. The van der Waals surface area contributed by atoms with E-state index in [2.05, 4.69) is 0 Å². The first-order valence-corrected chi connectivity index (χ1v) is 5.25. The van der Waals surface area contributed by atoms with E-state index in [9.17, 15) is 13.2 Å². The third-order valence-corrected chi connectivity index (χ3v) is 2.79. The molecule has 14 heavy (non-hydrogen) atoms. The molecule has 0 aliphatic heterocycles. The fourth-order valence-corrected chi connectivity index (χ4v) is 1.66. The molecule has 0 heterocycles. The number of rotatable bonds is 2. The summed E-state index contributed by atoms with van der Waals surface area (Å²) in [5, 5.41) is 0. The number of hydrogen-bond donors (Lipinski definition) is 0. The van der Waals surface area contributed by atoms with Gasteiger partial charge in [0.1, 0.15) is 0 Å². The molecule has 1 aliphatic rings. The van der Waals surface area contributed by atoms with Crippen molar-refractivity contribution >= 4 is 22.6 Å². The topological polar surface area (TPSA) is 9.23 Å². The minimum absolute atomic E-state index is 0.0499. The Bertz CT molecular complexity index is 270. The minimum Gasteiger partial charge on any atom is -0.361 e. The maximum atomic E-state index is 12.7. The van der Waals surface area contributed by atoms with Crippen LogP contribution in [-0.2, 0) is 4.74 Å². The van der Waals surface area contributed by atoms with Crippen molar-refractivity contribution in [3.8, 4) is 0 Å². The Hall–Kier alpha value is -0.0400. The molecule has 0 aromatic rings. The third-order valence-electron chi connectivity index (χ3n) is 1.99. The van der Waals surface area contributed by atoms with Crippen molar-refractivity contribution in [1.29, 1.82) is 0 Å². The highest BCUT2D eigenvalue weighted by Gasteiger charge is 2.54. The molecule has 1 unspecified atom stereocenters. The molecular weight excluding hydrogens is 308 g/mol. The van der Waals surface area contributed by atoms with Crippen LogP contribution in [-0.4, -0.2) is 18.4 Å². The van der Waals surface area contributed by atoms with Crippen molar-refractivity contribution in [1.82, 2.24) is 0 Å². The summed E-state index contributed by atoms with van der Waals surface area (Å²) in [4.78, 5) is 0. The lowest BCUT2D eigenvalue weighted by Gasteiger charge is -2.33. The second kappa shape index (κ2) is 4.22. The zero-order valence-electron chi connectivity index (χ0n) is 7.57. The van der Waals surface area contributed by atoms with Gasteiger partial charge in [0.25, 0.3) is 0 Å². The Balaban J connectivity index is 2.92. The van der Waals surface area contributed by atoms with Crippen LogP contribution in [0.3, 0.4) is 0 Å². The van der Waals surface area contributed by atoms with E-state index < -0.39 is 11.8 Å². The van der Waals surface area contributed by atoms with E-state index in [4.69, 9.17) is 4.74 Å². The van der Waals surface area contributed by atoms with E-state index in [0.717, 1.165) is 9.66 Å². The lowest BCUT2D eigenvalue weighted by atomic mass is 9.94. The molecule has 1 rings (SSSR count). The first-order valence-electron chi connectivity index (χ1n) is 4.17. The predicted molar refractivity (Wildman–Crippen MR) is 56.3 cm³/mol. The zero-order valence-corrected chi connectivity index (χ0v) is 9.72. The average Bonchev–Trinajstić information content (AvgIpc) is 2.07. The number of ether oxygens (including phenoxy) is 1. The Labute approximate surface area is 94.1 Å². The molecule has 0 bridgehead atoms. The molecule has 5 heteroatoms. The Morgan fingerprint density at radius 1 is 1.57 bits per heavy atom. The monoisotopic (exact) mass is 318 g/mol. The highest BCUT2D eigenvalue weighted by atomic mass is 127. The van der Waals surface area contributed by atoms with Gasteiger partial charge in [0.05, 0.1) is 0 Å². The van der Waals surface area contributed by atoms with Crippen molar-refractivity contribution in [2.75, 3.05) is 6.61 Å². The van der Waals surface area contributed by atoms with Crippen molar-refractivity contribution in [3.05, 3.63) is 21.8 Å². The van der Waals surface area contributed by atoms with Gasteiger partial charge in [-0.15, -0.1) is 0 Å².